The normalized spacial score (nSPS) is 10.1. The summed E-state index contributed by atoms with van der Waals surface area (Å²) in [6.45, 7) is 5.98. The smallest absolute Gasteiger partial charge is 0.249 e. The molecule has 2 heteroatoms. The summed E-state index contributed by atoms with van der Waals surface area (Å²) < 4.78 is 0. The molecule has 1 amide bonds. The van der Waals surface area contributed by atoms with Crippen LogP contribution in [0.2, 0.25) is 0 Å². The molecule has 0 unspecified atom stereocenters. The van der Waals surface area contributed by atoms with Crippen LogP contribution in [0.3, 0.4) is 0 Å². The molecule has 0 aliphatic carbocycles. The number of carbonyl (C=O) groups is 1. The Morgan fingerprint density at radius 3 is 2.46 bits per heavy atom. The topological polar surface area (TPSA) is 43.1 Å². The van der Waals surface area contributed by atoms with Crippen molar-refractivity contribution < 1.29 is 4.79 Å². The van der Waals surface area contributed by atoms with Crippen LogP contribution in [0, 0.1) is 13.8 Å². The van der Waals surface area contributed by atoms with Crippen molar-refractivity contribution in [2.75, 3.05) is 0 Å². The van der Waals surface area contributed by atoms with Gasteiger partial charge in [0.25, 0.3) is 0 Å². The first-order valence-corrected chi connectivity index (χ1v) is 4.46. The molecule has 0 saturated carbocycles. The molecule has 70 valence electrons. The monoisotopic (exact) mass is 177 g/mol. The van der Waals surface area contributed by atoms with Crippen molar-refractivity contribution in [2.24, 2.45) is 5.73 Å². The Bertz CT molecular complexity index is 342. The molecular formula is C11H15NO. The number of carbonyl (C=O) groups excluding carboxylic acids is 1. The zero-order valence-corrected chi connectivity index (χ0v) is 8.35. The van der Waals surface area contributed by atoms with Crippen LogP contribution in [-0.2, 0) is 6.42 Å². The molecule has 2 nitrogen and oxygen atoms in total. The first kappa shape index (κ1) is 9.78. The van der Waals surface area contributed by atoms with Gasteiger partial charge < -0.3 is 5.73 Å². The predicted molar refractivity (Wildman–Crippen MR) is 53.8 cm³/mol. The molecule has 0 heterocycles. The summed E-state index contributed by atoms with van der Waals surface area (Å²) in [5.41, 5.74) is 9.19. The van der Waals surface area contributed by atoms with Crippen molar-refractivity contribution >= 4 is 5.91 Å². The largest absolute Gasteiger partial charge is 0.366 e. The average Bonchev–Trinajstić information content (AvgIpc) is 2.01. The van der Waals surface area contributed by atoms with Crippen molar-refractivity contribution in [2.45, 2.75) is 27.2 Å². The zero-order valence-electron chi connectivity index (χ0n) is 8.35. The van der Waals surface area contributed by atoms with Crippen LogP contribution >= 0.6 is 0 Å². The molecule has 0 aliphatic heterocycles. The number of benzene rings is 1. The molecule has 0 aliphatic rings. The van der Waals surface area contributed by atoms with Crippen LogP contribution < -0.4 is 5.73 Å². The molecule has 0 bridgehead atoms. The highest BCUT2D eigenvalue weighted by Crippen LogP contribution is 2.16. The number of aryl methyl sites for hydroxylation is 3. The van der Waals surface area contributed by atoms with Gasteiger partial charge in [-0.3, -0.25) is 4.79 Å². The first-order valence-electron chi connectivity index (χ1n) is 4.46. The summed E-state index contributed by atoms with van der Waals surface area (Å²) in [6, 6.07) is 4.01. The van der Waals surface area contributed by atoms with Crippen molar-refractivity contribution in [3.8, 4) is 0 Å². The van der Waals surface area contributed by atoms with E-state index in [1.54, 1.807) is 0 Å². The van der Waals surface area contributed by atoms with Crippen LogP contribution in [0.1, 0.15) is 34.0 Å². The Labute approximate surface area is 78.8 Å². The lowest BCUT2D eigenvalue weighted by Crippen LogP contribution is -2.15. The zero-order chi connectivity index (χ0) is 10.0. The van der Waals surface area contributed by atoms with Crippen molar-refractivity contribution in [1.29, 1.82) is 0 Å². The molecular weight excluding hydrogens is 162 g/mol. The molecule has 0 saturated heterocycles. The van der Waals surface area contributed by atoms with E-state index in [1.807, 2.05) is 32.9 Å². The summed E-state index contributed by atoms with van der Waals surface area (Å²) in [5, 5.41) is 0. The number of hydrogen-bond acceptors (Lipinski definition) is 1. The molecule has 1 aromatic rings. The fraction of sp³-hybridized carbons (Fsp3) is 0.364. The standard InChI is InChI=1S/C11H15NO/c1-4-9-6-7(2)5-8(3)10(9)11(12)13/h5-6H,4H2,1-3H3,(H2,12,13). The van der Waals surface area contributed by atoms with Crippen LogP contribution in [0.15, 0.2) is 12.1 Å². The summed E-state index contributed by atoms with van der Waals surface area (Å²) in [5.74, 6) is -0.325. The molecule has 0 radical (unpaired) electrons. The minimum Gasteiger partial charge on any atom is -0.366 e. The third-order valence-electron chi connectivity index (χ3n) is 2.19. The SMILES string of the molecule is CCc1cc(C)cc(C)c1C(N)=O. The van der Waals surface area contributed by atoms with E-state index in [-0.39, 0.29) is 5.91 Å². The minimum atomic E-state index is -0.325. The molecule has 13 heavy (non-hydrogen) atoms. The van der Waals surface area contributed by atoms with Gasteiger partial charge in [0.1, 0.15) is 0 Å². The first-order chi connectivity index (χ1) is 6.06. The van der Waals surface area contributed by atoms with E-state index >= 15 is 0 Å². The van der Waals surface area contributed by atoms with E-state index in [4.69, 9.17) is 5.73 Å². The fourth-order valence-electron chi connectivity index (χ4n) is 1.69. The van der Waals surface area contributed by atoms with Crippen molar-refractivity contribution in [1.82, 2.24) is 0 Å². The molecule has 2 N–H and O–H groups in total. The third kappa shape index (κ3) is 1.89. The summed E-state index contributed by atoms with van der Waals surface area (Å²) in [4.78, 5) is 11.1. The number of rotatable bonds is 2. The van der Waals surface area contributed by atoms with E-state index in [0.29, 0.717) is 5.56 Å². The number of nitrogens with two attached hydrogens (primary N) is 1. The fourth-order valence-corrected chi connectivity index (χ4v) is 1.69. The summed E-state index contributed by atoms with van der Waals surface area (Å²) >= 11 is 0. The second-order valence-corrected chi connectivity index (χ2v) is 3.33. The van der Waals surface area contributed by atoms with Crippen LogP contribution in [-0.4, -0.2) is 5.91 Å². The van der Waals surface area contributed by atoms with Gasteiger partial charge in [0.15, 0.2) is 0 Å². The highest BCUT2D eigenvalue weighted by Gasteiger charge is 2.10. The number of primary amides is 1. The Morgan fingerprint density at radius 2 is 2.00 bits per heavy atom. The van der Waals surface area contributed by atoms with Crippen molar-refractivity contribution in [3.63, 3.8) is 0 Å². The quantitative estimate of drug-likeness (QED) is 0.737. The molecule has 0 spiro atoms. The van der Waals surface area contributed by atoms with Crippen LogP contribution in [0.4, 0.5) is 0 Å². The van der Waals surface area contributed by atoms with Gasteiger partial charge in [-0.05, 0) is 31.4 Å². The lowest BCUT2D eigenvalue weighted by molar-refractivity contribution is 0.0999. The average molecular weight is 177 g/mol. The van der Waals surface area contributed by atoms with E-state index in [2.05, 4.69) is 0 Å². The highest BCUT2D eigenvalue weighted by atomic mass is 16.1. The molecule has 0 atom stereocenters. The maximum Gasteiger partial charge on any atom is 0.249 e. The third-order valence-corrected chi connectivity index (χ3v) is 2.19. The van der Waals surface area contributed by atoms with Crippen molar-refractivity contribution in [3.05, 3.63) is 34.4 Å². The van der Waals surface area contributed by atoms with Gasteiger partial charge in [0, 0.05) is 5.56 Å². The van der Waals surface area contributed by atoms with Gasteiger partial charge in [0.05, 0.1) is 0 Å². The van der Waals surface area contributed by atoms with E-state index in [9.17, 15) is 4.79 Å². The minimum absolute atomic E-state index is 0.325. The van der Waals surface area contributed by atoms with Crippen LogP contribution in [0.25, 0.3) is 0 Å². The van der Waals surface area contributed by atoms with Gasteiger partial charge in [-0.15, -0.1) is 0 Å². The number of amides is 1. The van der Waals surface area contributed by atoms with E-state index in [0.717, 1.165) is 17.5 Å². The van der Waals surface area contributed by atoms with Gasteiger partial charge >= 0.3 is 0 Å². The Morgan fingerprint density at radius 1 is 1.38 bits per heavy atom. The second-order valence-electron chi connectivity index (χ2n) is 3.33. The second kappa shape index (κ2) is 3.60. The summed E-state index contributed by atoms with van der Waals surface area (Å²) in [6.07, 6.45) is 0.848. The molecule has 1 aromatic carbocycles. The lowest BCUT2D eigenvalue weighted by Gasteiger charge is -2.09. The molecule has 0 fully saturated rings. The van der Waals surface area contributed by atoms with Gasteiger partial charge in [0.2, 0.25) is 5.91 Å². The maximum atomic E-state index is 11.1. The Balaban J connectivity index is 3.38. The van der Waals surface area contributed by atoms with E-state index < -0.39 is 0 Å². The molecule has 1 rings (SSSR count). The highest BCUT2D eigenvalue weighted by molar-refractivity contribution is 5.95. The van der Waals surface area contributed by atoms with Gasteiger partial charge in [-0.25, -0.2) is 0 Å². The summed E-state index contributed by atoms with van der Waals surface area (Å²) in [7, 11) is 0. The van der Waals surface area contributed by atoms with Gasteiger partial charge in [-0.1, -0.05) is 24.6 Å². The van der Waals surface area contributed by atoms with Crippen LogP contribution in [0.5, 0.6) is 0 Å². The maximum absolute atomic E-state index is 11.1. The lowest BCUT2D eigenvalue weighted by atomic mass is 9.97. The van der Waals surface area contributed by atoms with E-state index in [1.165, 1.54) is 5.56 Å². The number of hydrogen-bond donors (Lipinski definition) is 1. The van der Waals surface area contributed by atoms with Gasteiger partial charge in [-0.2, -0.15) is 0 Å². The predicted octanol–water partition coefficient (Wildman–Crippen LogP) is 1.96. The Hall–Kier alpha value is -1.31. The Kier molecular flexibility index (Phi) is 2.71. The molecule has 0 aromatic heterocycles.